The van der Waals surface area contributed by atoms with E-state index in [0.717, 1.165) is 13.5 Å². The molecule has 3 unspecified atom stereocenters. The predicted octanol–water partition coefficient (Wildman–Crippen LogP) is 1.42. The van der Waals surface area contributed by atoms with Crippen molar-refractivity contribution in [1.82, 2.24) is 0 Å². The van der Waals surface area contributed by atoms with Crippen molar-refractivity contribution in [2.45, 2.75) is 39.2 Å². The van der Waals surface area contributed by atoms with E-state index in [4.69, 9.17) is 0 Å². The monoisotopic (exact) mass is 275 g/mol. The van der Waals surface area contributed by atoms with Crippen molar-refractivity contribution >= 4 is 11.9 Å². The van der Waals surface area contributed by atoms with Gasteiger partial charge in [0.2, 0.25) is 6.04 Å². The summed E-state index contributed by atoms with van der Waals surface area (Å²) in [6.45, 7) is 3.22. The van der Waals surface area contributed by atoms with Crippen LogP contribution in [0.5, 0.6) is 0 Å². The number of ether oxygens (including phenoxy) is 2. The molecule has 7 heteroatoms. The smallest absolute Gasteiger partial charge is 0.316 e. The first kappa shape index (κ1) is 17.3. The van der Waals surface area contributed by atoms with E-state index < -0.39 is 34.7 Å². The topological polar surface area (TPSA) is 95.7 Å². The second kappa shape index (κ2) is 8.44. The van der Waals surface area contributed by atoms with Crippen LogP contribution >= 0.6 is 0 Å². The van der Waals surface area contributed by atoms with E-state index >= 15 is 0 Å². The molecule has 7 nitrogen and oxygen atoms in total. The number of rotatable bonds is 8. The van der Waals surface area contributed by atoms with Crippen molar-refractivity contribution < 1.29 is 24.0 Å². The molecule has 0 aromatic carbocycles. The first-order valence-corrected chi connectivity index (χ1v) is 6.19. The summed E-state index contributed by atoms with van der Waals surface area (Å²) in [5, 5.41) is 10.9. The Balaban J connectivity index is 5.27. The summed E-state index contributed by atoms with van der Waals surface area (Å²) in [6, 6.07) is -1.20. The number of carbonyl (C=O) groups excluding carboxylic acids is 2. The van der Waals surface area contributed by atoms with Crippen LogP contribution in [0, 0.1) is 22.0 Å². The van der Waals surface area contributed by atoms with Crippen molar-refractivity contribution in [2.24, 2.45) is 11.8 Å². The third kappa shape index (κ3) is 4.84. The van der Waals surface area contributed by atoms with Crippen molar-refractivity contribution in [2.75, 3.05) is 14.2 Å². The molecule has 0 radical (unpaired) electrons. The van der Waals surface area contributed by atoms with E-state index in [0.29, 0.717) is 12.8 Å². The summed E-state index contributed by atoms with van der Waals surface area (Å²) in [5.41, 5.74) is 0. The minimum atomic E-state index is -1.20. The molecule has 0 aromatic rings. The molecule has 0 aromatic heterocycles. The molecule has 3 atom stereocenters. The van der Waals surface area contributed by atoms with E-state index in [1.165, 1.54) is 14.0 Å². The maximum absolute atomic E-state index is 11.8. The van der Waals surface area contributed by atoms with Gasteiger partial charge in [-0.2, -0.15) is 0 Å². The van der Waals surface area contributed by atoms with Crippen LogP contribution in [0.2, 0.25) is 0 Å². The van der Waals surface area contributed by atoms with E-state index in [-0.39, 0.29) is 0 Å². The molecule has 0 aliphatic carbocycles. The molecule has 110 valence electrons. The van der Waals surface area contributed by atoms with Crippen LogP contribution < -0.4 is 0 Å². The van der Waals surface area contributed by atoms with Gasteiger partial charge in [0.05, 0.1) is 20.1 Å². The van der Waals surface area contributed by atoms with Crippen molar-refractivity contribution in [1.29, 1.82) is 0 Å². The summed E-state index contributed by atoms with van der Waals surface area (Å²) in [4.78, 5) is 33.8. The van der Waals surface area contributed by atoms with Gasteiger partial charge >= 0.3 is 11.9 Å². The molecule has 0 amide bonds. The Labute approximate surface area is 112 Å². The number of hydrogen-bond acceptors (Lipinski definition) is 6. The quantitative estimate of drug-likeness (QED) is 0.377. The van der Waals surface area contributed by atoms with Crippen LogP contribution in [0.15, 0.2) is 0 Å². The fourth-order valence-corrected chi connectivity index (χ4v) is 1.98. The highest BCUT2D eigenvalue weighted by molar-refractivity contribution is 5.82. The Morgan fingerprint density at radius 2 is 1.74 bits per heavy atom. The predicted molar refractivity (Wildman–Crippen MR) is 67.0 cm³/mol. The first-order valence-electron chi connectivity index (χ1n) is 6.19. The normalized spacial score (nSPS) is 15.2. The largest absolute Gasteiger partial charge is 0.469 e. The Morgan fingerprint density at radius 3 is 2.11 bits per heavy atom. The van der Waals surface area contributed by atoms with E-state index in [1.54, 1.807) is 0 Å². The highest BCUT2D eigenvalue weighted by Crippen LogP contribution is 2.26. The van der Waals surface area contributed by atoms with E-state index in [9.17, 15) is 19.7 Å². The van der Waals surface area contributed by atoms with Gasteiger partial charge in [0.15, 0.2) is 0 Å². The second-order valence-corrected chi connectivity index (χ2v) is 4.35. The lowest BCUT2D eigenvalue weighted by molar-refractivity contribution is -0.526. The SMILES string of the molecule is CCCCC(C(=O)OC)C(C(=O)OC)C(C)[N+](=O)[O-]. The van der Waals surface area contributed by atoms with Gasteiger partial charge in [-0.05, 0) is 6.42 Å². The highest BCUT2D eigenvalue weighted by atomic mass is 16.6. The zero-order valence-electron chi connectivity index (χ0n) is 11.8. The number of unbranched alkanes of at least 4 members (excludes halogenated alkanes) is 1. The van der Waals surface area contributed by atoms with Crippen LogP contribution in [0.3, 0.4) is 0 Å². The lowest BCUT2D eigenvalue weighted by Crippen LogP contribution is -2.42. The number of carbonyl (C=O) groups is 2. The van der Waals surface area contributed by atoms with Crippen LogP contribution in [-0.4, -0.2) is 37.1 Å². The molecule has 0 saturated heterocycles. The molecule has 0 rings (SSSR count). The molecule has 0 N–H and O–H groups in total. The van der Waals surface area contributed by atoms with Crippen LogP contribution in [0.25, 0.3) is 0 Å². The van der Waals surface area contributed by atoms with Gasteiger partial charge in [0.25, 0.3) is 0 Å². The van der Waals surface area contributed by atoms with Gasteiger partial charge in [-0.3, -0.25) is 19.7 Å². The van der Waals surface area contributed by atoms with Crippen molar-refractivity contribution in [3.05, 3.63) is 10.1 Å². The zero-order chi connectivity index (χ0) is 15.0. The Kier molecular flexibility index (Phi) is 7.71. The first-order chi connectivity index (χ1) is 8.90. The number of hydrogen-bond donors (Lipinski definition) is 0. The standard InChI is InChI=1S/C12H21NO6/c1-5-6-7-9(11(14)18-3)10(12(15)19-4)8(2)13(16)17/h8-10H,5-7H2,1-4H3. The molecule has 19 heavy (non-hydrogen) atoms. The van der Waals surface area contributed by atoms with E-state index in [1.807, 2.05) is 6.92 Å². The van der Waals surface area contributed by atoms with Gasteiger partial charge in [-0.1, -0.05) is 19.8 Å². The van der Waals surface area contributed by atoms with Crippen molar-refractivity contribution in [3.8, 4) is 0 Å². The molecular weight excluding hydrogens is 254 g/mol. The number of nitro groups is 1. The Hall–Kier alpha value is -1.66. The molecule has 0 saturated carbocycles. The van der Waals surface area contributed by atoms with Crippen LogP contribution in [0.1, 0.15) is 33.1 Å². The summed E-state index contributed by atoms with van der Waals surface area (Å²) < 4.78 is 9.23. The average Bonchev–Trinajstić information content (AvgIpc) is 2.40. The maximum Gasteiger partial charge on any atom is 0.316 e. The van der Waals surface area contributed by atoms with Gasteiger partial charge in [-0.25, -0.2) is 0 Å². The zero-order valence-corrected chi connectivity index (χ0v) is 11.8. The van der Waals surface area contributed by atoms with Gasteiger partial charge in [0, 0.05) is 11.8 Å². The third-order valence-electron chi connectivity index (χ3n) is 3.13. The molecule has 0 spiro atoms. The van der Waals surface area contributed by atoms with E-state index in [2.05, 4.69) is 9.47 Å². The molecule has 0 bridgehead atoms. The van der Waals surface area contributed by atoms with Crippen LogP contribution in [-0.2, 0) is 19.1 Å². The third-order valence-corrected chi connectivity index (χ3v) is 3.13. The summed E-state index contributed by atoms with van der Waals surface area (Å²) in [5.74, 6) is -3.34. The number of nitrogens with zero attached hydrogens (tertiary/aromatic N) is 1. The van der Waals surface area contributed by atoms with Crippen LogP contribution in [0.4, 0.5) is 0 Å². The maximum atomic E-state index is 11.8. The van der Waals surface area contributed by atoms with Gasteiger partial charge < -0.3 is 9.47 Å². The minimum absolute atomic E-state index is 0.362. The average molecular weight is 275 g/mol. The highest BCUT2D eigenvalue weighted by Gasteiger charge is 2.44. The lowest BCUT2D eigenvalue weighted by atomic mass is 9.83. The van der Waals surface area contributed by atoms with Crippen molar-refractivity contribution in [3.63, 3.8) is 0 Å². The molecule has 0 heterocycles. The fourth-order valence-electron chi connectivity index (χ4n) is 1.98. The molecular formula is C12H21NO6. The summed E-state index contributed by atoms with van der Waals surface area (Å²) in [6.07, 6.45) is 1.85. The Bertz CT molecular complexity index is 330. The molecule has 0 aliphatic heterocycles. The Morgan fingerprint density at radius 1 is 1.21 bits per heavy atom. The minimum Gasteiger partial charge on any atom is -0.469 e. The number of esters is 2. The second-order valence-electron chi connectivity index (χ2n) is 4.35. The fraction of sp³-hybridized carbons (Fsp3) is 0.833. The summed E-state index contributed by atoms with van der Waals surface area (Å²) >= 11 is 0. The molecule has 0 aliphatic rings. The lowest BCUT2D eigenvalue weighted by Gasteiger charge is -2.23. The van der Waals surface area contributed by atoms with Gasteiger partial charge in [0.1, 0.15) is 5.92 Å². The number of methoxy groups -OCH3 is 2. The molecule has 0 fully saturated rings. The van der Waals surface area contributed by atoms with Gasteiger partial charge in [-0.15, -0.1) is 0 Å². The summed E-state index contributed by atoms with van der Waals surface area (Å²) in [7, 11) is 2.35.